The van der Waals surface area contributed by atoms with Crippen LogP contribution in [0, 0.1) is 0 Å². The molecule has 0 spiro atoms. The van der Waals surface area contributed by atoms with Crippen LogP contribution < -0.4 is 9.80 Å². The van der Waals surface area contributed by atoms with Crippen molar-refractivity contribution in [3.8, 4) is 5.75 Å². The zero-order valence-electron chi connectivity index (χ0n) is 16.6. The molecule has 0 saturated carbocycles. The Balaban J connectivity index is 1.72. The summed E-state index contributed by atoms with van der Waals surface area (Å²) in [6, 6.07) is 22.3. The number of hydrogen-bond donors (Lipinski definition) is 1. The SMILES string of the molecule is CN(C)c1ccc(/C=C2\S[C@@H](c3ccc(Cl)cc3)N(c3ccc(O)cc3)C2=O)cc1. The maximum Gasteiger partial charge on any atom is 0.266 e. The Bertz CT molecular complexity index is 1080. The number of anilines is 2. The lowest BCUT2D eigenvalue weighted by molar-refractivity contribution is -0.114. The van der Waals surface area contributed by atoms with E-state index in [2.05, 4.69) is 0 Å². The number of amides is 1. The van der Waals surface area contributed by atoms with Crippen LogP contribution in [0.25, 0.3) is 6.08 Å². The molecule has 3 aromatic carbocycles. The van der Waals surface area contributed by atoms with Gasteiger partial charge in [0.2, 0.25) is 0 Å². The van der Waals surface area contributed by atoms with E-state index in [0.717, 1.165) is 22.5 Å². The Morgan fingerprint density at radius 3 is 2.20 bits per heavy atom. The van der Waals surface area contributed by atoms with Crippen molar-refractivity contribution in [2.24, 2.45) is 0 Å². The summed E-state index contributed by atoms with van der Waals surface area (Å²) in [6.45, 7) is 0. The van der Waals surface area contributed by atoms with Crippen molar-refractivity contribution in [1.82, 2.24) is 0 Å². The molecule has 1 N–H and O–H groups in total. The number of benzene rings is 3. The minimum Gasteiger partial charge on any atom is -0.508 e. The van der Waals surface area contributed by atoms with Gasteiger partial charge in [0.25, 0.3) is 5.91 Å². The number of hydrogen-bond acceptors (Lipinski definition) is 4. The number of phenolic OH excluding ortho intramolecular Hbond substituents is 1. The fourth-order valence-corrected chi connectivity index (χ4v) is 4.66. The summed E-state index contributed by atoms with van der Waals surface area (Å²) in [5, 5.41) is 10.1. The number of thioether (sulfide) groups is 1. The van der Waals surface area contributed by atoms with Gasteiger partial charge < -0.3 is 10.0 Å². The van der Waals surface area contributed by atoms with E-state index in [-0.39, 0.29) is 17.0 Å². The minimum atomic E-state index is -0.216. The quantitative estimate of drug-likeness (QED) is 0.514. The average molecular weight is 437 g/mol. The van der Waals surface area contributed by atoms with Gasteiger partial charge in [0.1, 0.15) is 11.1 Å². The van der Waals surface area contributed by atoms with Crippen molar-refractivity contribution < 1.29 is 9.90 Å². The molecule has 3 aromatic rings. The number of nitrogens with zero attached hydrogens (tertiary/aromatic N) is 2. The second-order valence-electron chi connectivity index (χ2n) is 7.21. The van der Waals surface area contributed by atoms with Crippen LogP contribution in [0.5, 0.6) is 5.75 Å². The first kappa shape index (κ1) is 20.4. The van der Waals surface area contributed by atoms with Crippen molar-refractivity contribution in [1.29, 1.82) is 0 Å². The van der Waals surface area contributed by atoms with Crippen molar-refractivity contribution in [2.45, 2.75) is 5.37 Å². The first-order valence-electron chi connectivity index (χ1n) is 9.46. The molecule has 30 heavy (non-hydrogen) atoms. The zero-order valence-corrected chi connectivity index (χ0v) is 18.2. The van der Waals surface area contributed by atoms with Gasteiger partial charge in [0, 0.05) is 30.5 Å². The molecule has 0 aliphatic carbocycles. The van der Waals surface area contributed by atoms with Crippen LogP contribution in [0.15, 0.2) is 77.7 Å². The van der Waals surface area contributed by atoms with Gasteiger partial charge in [-0.2, -0.15) is 0 Å². The van der Waals surface area contributed by atoms with Crippen molar-refractivity contribution in [2.75, 3.05) is 23.9 Å². The molecule has 0 bridgehead atoms. The Kier molecular flexibility index (Phi) is 5.75. The Labute approximate surface area is 185 Å². The van der Waals surface area contributed by atoms with E-state index in [4.69, 9.17) is 11.6 Å². The van der Waals surface area contributed by atoms with E-state index in [1.807, 2.05) is 73.6 Å². The average Bonchev–Trinajstić information content (AvgIpc) is 3.06. The molecule has 152 valence electrons. The highest BCUT2D eigenvalue weighted by molar-refractivity contribution is 8.05. The molecular weight excluding hydrogens is 416 g/mol. The van der Waals surface area contributed by atoms with Crippen LogP contribution in [0.1, 0.15) is 16.5 Å². The van der Waals surface area contributed by atoms with Gasteiger partial charge >= 0.3 is 0 Å². The van der Waals surface area contributed by atoms with E-state index >= 15 is 0 Å². The summed E-state index contributed by atoms with van der Waals surface area (Å²) < 4.78 is 0. The molecule has 0 unspecified atom stereocenters. The van der Waals surface area contributed by atoms with Gasteiger partial charge in [-0.1, -0.05) is 47.6 Å². The highest BCUT2D eigenvalue weighted by Crippen LogP contribution is 2.48. The molecule has 1 aliphatic heterocycles. The second-order valence-corrected chi connectivity index (χ2v) is 8.77. The van der Waals surface area contributed by atoms with Crippen molar-refractivity contribution >= 4 is 46.7 Å². The lowest BCUT2D eigenvalue weighted by Gasteiger charge is -2.23. The number of halogens is 1. The van der Waals surface area contributed by atoms with E-state index in [1.54, 1.807) is 29.2 Å². The summed E-state index contributed by atoms with van der Waals surface area (Å²) in [4.78, 5) is 17.8. The van der Waals surface area contributed by atoms with E-state index in [1.165, 1.54) is 11.8 Å². The summed E-state index contributed by atoms with van der Waals surface area (Å²) in [5.41, 5.74) is 3.79. The van der Waals surface area contributed by atoms with Crippen LogP contribution in [0.4, 0.5) is 11.4 Å². The molecular formula is C24H21ClN2O2S. The number of rotatable bonds is 4. The first-order valence-corrected chi connectivity index (χ1v) is 10.7. The summed E-state index contributed by atoms with van der Waals surface area (Å²) in [7, 11) is 3.99. The summed E-state index contributed by atoms with van der Waals surface area (Å²) >= 11 is 7.57. The maximum atomic E-state index is 13.4. The van der Waals surface area contributed by atoms with E-state index in [0.29, 0.717) is 9.93 Å². The molecule has 1 atom stereocenters. The first-order chi connectivity index (χ1) is 14.4. The monoisotopic (exact) mass is 436 g/mol. The predicted octanol–water partition coefficient (Wildman–Crippen LogP) is 5.93. The fraction of sp³-hybridized carbons (Fsp3) is 0.125. The second kappa shape index (κ2) is 8.46. The Morgan fingerprint density at radius 1 is 0.967 bits per heavy atom. The van der Waals surface area contributed by atoms with Crippen LogP contribution in [-0.2, 0) is 4.79 Å². The third-order valence-electron chi connectivity index (χ3n) is 4.89. The van der Waals surface area contributed by atoms with Gasteiger partial charge in [-0.05, 0) is 65.7 Å². The van der Waals surface area contributed by atoms with Gasteiger partial charge in [-0.15, -0.1) is 0 Å². The molecule has 6 heteroatoms. The fourth-order valence-electron chi connectivity index (χ4n) is 3.27. The molecule has 0 aromatic heterocycles. The highest BCUT2D eigenvalue weighted by atomic mass is 35.5. The summed E-state index contributed by atoms with van der Waals surface area (Å²) in [5.74, 6) is 0.0974. The standard InChI is InChI=1S/C24H21ClN2O2S/c1-26(2)19-9-3-16(4-10-19)15-22-23(29)27(20-11-13-21(28)14-12-20)24(30-22)17-5-7-18(25)8-6-17/h3-15,24,28H,1-2H3/b22-15-/t24-/m0/s1. The van der Waals surface area contributed by atoms with Crippen molar-refractivity contribution in [3.05, 3.63) is 93.9 Å². The predicted molar refractivity (Wildman–Crippen MR) is 126 cm³/mol. The summed E-state index contributed by atoms with van der Waals surface area (Å²) in [6.07, 6.45) is 1.93. The van der Waals surface area contributed by atoms with Crippen LogP contribution in [0.2, 0.25) is 5.02 Å². The lowest BCUT2D eigenvalue weighted by Crippen LogP contribution is -2.27. The Hall–Kier alpha value is -2.89. The molecule has 4 rings (SSSR count). The van der Waals surface area contributed by atoms with Crippen LogP contribution in [0.3, 0.4) is 0 Å². The Morgan fingerprint density at radius 2 is 1.60 bits per heavy atom. The third-order valence-corrected chi connectivity index (χ3v) is 6.40. The largest absolute Gasteiger partial charge is 0.508 e. The number of phenols is 1. The normalized spacial score (nSPS) is 17.6. The van der Waals surface area contributed by atoms with Crippen molar-refractivity contribution in [3.63, 3.8) is 0 Å². The number of aromatic hydroxyl groups is 1. The number of carbonyl (C=O) groups excluding carboxylic acids is 1. The minimum absolute atomic E-state index is 0.0673. The third kappa shape index (κ3) is 4.18. The van der Waals surface area contributed by atoms with Gasteiger partial charge in [-0.25, -0.2) is 0 Å². The smallest absolute Gasteiger partial charge is 0.266 e. The van der Waals surface area contributed by atoms with Crippen LogP contribution in [-0.4, -0.2) is 25.1 Å². The van der Waals surface area contributed by atoms with Crippen LogP contribution >= 0.6 is 23.4 Å². The van der Waals surface area contributed by atoms with Gasteiger partial charge in [0.15, 0.2) is 0 Å². The highest BCUT2D eigenvalue weighted by Gasteiger charge is 2.38. The van der Waals surface area contributed by atoms with E-state index in [9.17, 15) is 9.90 Å². The molecule has 1 saturated heterocycles. The molecule has 4 nitrogen and oxygen atoms in total. The van der Waals surface area contributed by atoms with Gasteiger partial charge in [0.05, 0.1) is 4.91 Å². The molecule has 1 amide bonds. The van der Waals surface area contributed by atoms with Gasteiger partial charge in [-0.3, -0.25) is 9.69 Å². The lowest BCUT2D eigenvalue weighted by atomic mass is 10.1. The molecule has 0 radical (unpaired) electrons. The molecule has 1 heterocycles. The number of carbonyl (C=O) groups is 1. The molecule has 1 aliphatic rings. The topological polar surface area (TPSA) is 43.8 Å². The van der Waals surface area contributed by atoms with E-state index < -0.39 is 0 Å². The maximum absolute atomic E-state index is 13.4. The molecule has 1 fully saturated rings. The zero-order chi connectivity index (χ0) is 21.3.